The largest absolute Gasteiger partial charge is 0.348 e. The molecule has 4 nitrogen and oxygen atoms in total. The minimum Gasteiger partial charge on any atom is -0.348 e. The van der Waals surface area contributed by atoms with E-state index in [-0.39, 0.29) is 5.91 Å². The third-order valence-corrected chi connectivity index (χ3v) is 3.79. The summed E-state index contributed by atoms with van der Waals surface area (Å²) in [6.07, 6.45) is 1.78. The molecule has 2 rings (SSSR count). The second-order valence-corrected chi connectivity index (χ2v) is 4.95. The summed E-state index contributed by atoms with van der Waals surface area (Å²) in [6.45, 7) is 2.48. The fourth-order valence-electron chi connectivity index (χ4n) is 1.74. The highest BCUT2D eigenvalue weighted by molar-refractivity contribution is 9.08. The summed E-state index contributed by atoms with van der Waals surface area (Å²) in [7, 11) is 1.89. The van der Waals surface area contributed by atoms with Crippen molar-refractivity contribution in [3.8, 4) is 0 Å². The zero-order valence-corrected chi connectivity index (χ0v) is 12.6. The predicted octanol–water partition coefficient (Wildman–Crippen LogP) is 2.55. The van der Waals surface area contributed by atoms with Crippen molar-refractivity contribution in [2.24, 2.45) is 7.05 Å². The Morgan fingerprint density at radius 3 is 2.58 bits per heavy atom. The van der Waals surface area contributed by atoms with Gasteiger partial charge in [-0.2, -0.15) is 5.10 Å². The van der Waals surface area contributed by atoms with Crippen LogP contribution < -0.4 is 5.32 Å². The summed E-state index contributed by atoms with van der Waals surface area (Å²) < 4.78 is 1.80. The molecule has 0 aliphatic heterocycles. The van der Waals surface area contributed by atoms with Crippen molar-refractivity contribution in [3.05, 3.63) is 52.8 Å². The average molecular weight is 322 g/mol. The maximum Gasteiger partial charge on any atom is 0.251 e. The van der Waals surface area contributed by atoms with Crippen molar-refractivity contribution in [1.82, 2.24) is 15.1 Å². The van der Waals surface area contributed by atoms with Crippen LogP contribution in [0.25, 0.3) is 0 Å². The number of alkyl halides is 1. The van der Waals surface area contributed by atoms with Crippen molar-refractivity contribution in [1.29, 1.82) is 0 Å². The minimum atomic E-state index is -0.0654. The van der Waals surface area contributed by atoms with Gasteiger partial charge < -0.3 is 5.32 Å². The van der Waals surface area contributed by atoms with E-state index < -0.39 is 0 Å². The number of carbonyl (C=O) groups excluding carboxylic acids is 1. The van der Waals surface area contributed by atoms with Crippen LogP contribution in [0.5, 0.6) is 0 Å². The maximum atomic E-state index is 12.0. The van der Waals surface area contributed by atoms with E-state index in [0.717, 1.165) is 22.2 Å². The average Bonchev–Trinajstić information content (AvgIpc) is 2.76. The molecule has 0 atom stereocenters. The summed E-state index contributed by atoms with van der Waals surface area (Å²) in [6, 6.07) is 7.56. The molecule has 1 N–H and O–H groups in total. The van der Waals surface area contributed by atoms with E-state index in [1.54, 1.807) is 10.9 Å². The number of hydrogen-bond donors (Lipinski definition) is 1. The highest BCUT2D eigenvalue weighted by Gasteiger charge is 2.08. The maximum absolute atomic E-state index is 12.0. The predicted molar refractivity (Wildman–Crippen MR) is 78.2 cm³/mol. The third kappa shape index (κ3) is 3.23. The molecule has 0 bridgehead atoms. The molecular weight excluding hydrogens is 306 g/mol. The second-order valence-electron chi connectivity index (χ2n) is 4.39. The standard InChI is InChI=1S/C14H16BrN3O/c1-10-13(9-17-18(10)2)8-16-14(19)12-5-3-11(7-15)4-6-12/h3-6,9H,7-8H2,1-2H3,(H,16,19). The van der Waals surface area contributed by atoms with Crippen LogP contribution in [0.3, 0.4) is 0 Å². The van der Waals surface area contributed by atoms with Crippen molar-refractivity contribution in [2.75, 3.05) is 0 Å². The summed E-state index contributed by atoms with van der Waals surface area (Å²) >= 11 is 3.38. The van der Waals surface area contributed by atoms with Gasteiger partial charge in [0.25, 0.3) is 5.91 Å². The van der Waals surface area contributed by atoms with Gasteiger partial charge in [0.05, 0.1) is 6.20 Å². The quantitative estimate of drug-likeness (QED) is 0.880. The molecule has 1 aromatic carbocycles. The topological polar surface area (TPSA) is 46.9 Å². The lowest BCUT2D eigenvalue weighted by Crippen LogP contribution is -2.23. The molecule has 100 valence electrons. The SMILES string of the molecule is Cc1c(CNC(=O)c2ccc(CBr)cc2)cnn1C. The van der Waals surface area contributed by atoms with Crippen molar-refractivity contribution in [3.63, 3.8) is 0 Å². The highest BCUT2D eigenvalue weighted by atomic mass is 79.9. The van der Waals surface area contributed by atoms with Gasteiger partial charge in [-0.25, -0.2) is 0 Å². The molecule has 0 fully saturated rings. The molecule has 0 spiro atoms. The first-order chi connectivity index (χ1) is 9.11. The Balaban J connectivity index is 1.99. The van der Waals surface area contributed by atoms with Crippen LogP contribution in [0.4, 0.5) is 0 Å². The zero-order valence-electron chi connectivity index (χ0n) is 11.0. The lowest BCUT2D eigenvalue weighted by Gasteiger charge is -2.05. The van der Waals surface area contributed by atoms with E-state index >= 15 is 0 Å². The van der Waals surface area contributed by atoms with Crippen LogP contribution in [0, 0.1) is 6.92 Å². The third-order valence-electron chi connectivity index (χ3n) is 3.15. The molecule has 0 aliphatic rings. The summed E-state index contributed by atoms with van der Waals surface area (Å²) in [5.74, 6) is -0.0654. The molecular formula is C14H16BrN3O. The Hall–Kier alpha value is -1.62. The molecule has 2 aromatic rings. The number of aromatic nitrogens is 2. The van der Waals surface area contributed by atoms with Gasteiger partial charge in [-0.3, -0.25) is 9.48 Å². The first-order valence-electron chi connectivity index (χ1n) is 6.02. The second kappa shape index (κ2) is 6.02. The molecule has 1 aromatic heterocycles. The lowest BCUT2D eigenvalue weighted by atomic mass is 10.1. The van der Waals surface area contributed by atoms with Gasteiger partial charge in [-0.05, 0) is 24.6 Å². The van der Waals surface area contributed by atoms with Crippen LogP contribution >= 0.6 is 15.9 Å². The first-order valence-corrected chi connectivity index (χ1v) is 7.14. The van der Waals surface area contributed by atoms with Crippen molar-refractivity contribution < 1.29 is 4.79 Å². The lowest BCUT2D eigenvalue weighted by molar-refractivity contribution is 0.0951. The fraction of sp³-hybridized carbons (Fsp3) is 0.286. The van der Waals surface area contributed by atoms with Crippen molar-refractivity contribution >= 4 is 21.8 Å². The van der Waals surface area contributed by atoms with E-state index in [0.29, 0.717) is 12.1 Å². The molecule has 1 amide bonds. The Morgan fingerprint density at radius 1 is 1.37 bits per heavy atom. The van der Waals surface area contributed by atoms with Gasteiger partial charge in [-0.15, -0.1) is 0 Å². The van der Waals surface area contributed by atoms with Crippen LogP contribution in [-0.4, -0.2) is 15.7 Å². The summed E-state index contributed by atoms with van der Waals surface area (Å²) in [5, 5.41) is 7.85. The number of hydrogen-bond acceptors (Lipinski definition) is 2. The monoisotopic (exact) mass is 321 g/mol. The van der Waals surface area contributed by atoms with Crippen LogP contribution in [-0.2, 0) is 18.9 Å². The zero-order chi connectivity index (χ0) is 13.8. The van der Waals surface area contributed by atoms with E-state index in [9.17, 15) is 4.79 Å². The van der Waals surface area contributed by atoms with Gasteiger partial charge in [-0.1, -0.05) is 28.1 Å². The normalized spacial score (nSPS) is 10.5. The number of halogens is 1. The van der Waals surface area contributed by atoms with Crippen LogP contribution in [0.15, 0.2) is 30.5 Å². The summed E-state index contributed by atoms with van der Waals surface area (Å²) in [4.78, 5) is 12.0. The minimum absolute atomic E-state index is 0.0654. The summed E-state index contributed by atoms with van der Waals surface area (Å²) in [5.41, 5.74) is 3.92. The number of aryl methyl sites for hydroxylation is 1. The molecule has 0 aliphatic carbocycles. The Morgan fingerprint density at radius 2 is 2.05 bits per heavy atom. The van der Waals surface area contributed by atoms with E-state index in [2.05, 4.69) is 26.3 Å². The van der Waals surface area contributed by atoms with Crippen molar-refractivity contribution in [2.45, 2.75) is 18.8 Å². The number of nitrogens with one attached hydrogen (secondary N) is 1. The number of amides is 1. The van der Waals surface area contributed by atoms with E-state index in [1.807, 2.05) is 38.2 Å². The smallest absolute Gasteiger partial charge is 0.251 e. The van der Waals surface area contributed by atoms with Gasteiger partial charge in [0.15, 0.2) is 0 Å². The fourth-order valence-corrected chi connectivity index (χ4v) is 2.11. The molecule has 0 saturated heterocycles. The Kier molecular flexibility index (Phi) is 4.37. The first kappa shape index (κ1) is 13.8. The number of nitrogens with zero attached hydrogens (tertiary/aromatic N) is 2. The molecule has 0 radical (unpaired) electrons. The van der Waals surface area contributed by atoms with Gasteiger partial charge in [0.2, 0.25) is 0 Å². The molecule has 19 heavy (non-hydrogen) atoms. The molecule has 0 saturated carbocycles. The Labute approximate surface area is 120 Å². The molecule has 0 unspecified atom stereocenters. The molecule has 1 heterocycles. The Bertz CT molecular complexity index is 575. The van der Waals surface area contributed by atoms with E-state index in [4.69, 9.17) is 0 Å². The highest BCUT2D eigenvalue weighted by Crippen LogP contribution is 2.09. The van der Waals surface area contributed by atoms with Crippen LogP contribution in [0.1, 0.15) is 27.2 Å². The van der Waals surface area contributed by atoms with Gasteiger partial charge >= 0.3 is 0 Å². The number of rotatable bonds is 4. The number of benzene rings is 1. The van der Waals surface area contributed by atoms with E-state index in [1.165, 1.54) is 0 Å². The van der Waals surface area contributed by atoms with Crippen LogP contribution in [0.2, 0.25) is 0 Å². The van der Waals surface area contributed by atoms with Gasteiger partial charge in [0, 0.05) is 35.7 Å². The van der Waals surface area contributed by atoms with Gasteiger partial charge in [0.1, 0.15) is 0 Å². The number of carbonyl (C=O) groups is 1. The molecule has 5 heteroatoms.